The first kappa shape index (κ1) is 18.1. The Labute approximate surface area is 167 Å². The van der Waals surface area contributed by atoms with Crippen LogP contribution in [0.1, 0.15) is 22.3 Å². The van der Waals surface area contributed by atoms with E-state index in [-0.39, 0.29) is 0 Å². The molecule has 2 heterocycles. The molecule has 0 saturated carbocycles. The third-order valence-electron chi connectivity index (χ3n) is 4.80. The van der Waals surface area contributed by atoms with Crippen LogP contribution in [0.25, 0.3) is 33.9 Å². The highest BCUT2D eigenvalue weighted by Crippen LogP contribution is 2.26. The van der Waals surface area contributed by atoms with Crippen LogP contribution in [0.4, 0.5) is 0 Å². The zero-order valence-corrected chi connectivity index (χ0v) is 16.8. The van der Waals surface area contributed by atoms with Crippen LogP contribution >= 0.6 is 0 Å². The van der Waals surface area contributed by atoms with Gasteiger partial charge in [0.1, 0.15) is 0 Å². The summed E-state index contributed by atoms with van der Waals surface area (Å²) < 4.78 is 0. The SMILES string of the molecule is Cc1cc(C)cc(-c2cccc(-c3cccc(-c4cc(C)cc(C)c4)n3)n2)c1. The average molecular weight is 364 g/mol. The second kappa shape index (κ2) is 7.40. The Bertz CT molecular complexity index is 1030. The molecule has 2 heteroatoms. The van der Waals surface area contributed by atoms with Crippen molar-refractivity contribution in [1.29, 1.82) is 0 Å². The fourth-order valence-electron chi connectivity index (χ4n) is 3.72. The summed E-state index contributed by atoms with van der Waals surface area (Å²) in [5, 5.41) is 0. The van der Waals surface area contributed by atoms with Crippen molar-refractivity contribution < 1.29 is 0 Å². The van der Waals surface area contributed by atoms with Gasteiger partial charge in [-0.05, 0) is 76.2 Å². The van der Waals surface area contributed by atoms with Crippen molar-refractivity contribution >= 4 is 0 Å². The quantitative estimate of drug-likeness (QED) is 0.404. The second-order valence-corrected chi connectivity index (χ2v) is 7.57. The molecule has 0 aliphatic rings. The number of benzene rings is 2. The minimum Gasteiger partial charge on any atom is -0.246 e. The number of nitrogens with zero attached hydrogens (tertiary/aromatic N) is 2. The van der Waals surface area contributed by atoms with Crippen molar-refractivity contribution in [2.45, 2.75) is 27.7 Å². The molecule has 0 amide bonds. The maximum Gasteiger partial charge on any atom is 0.0893 e. The first-order chi connectivity index (χ1) is 13.5. The Morgan fingerprint density at radius 3 is 1.11 bits per heavy atom. The smallest absolute Gasteiger partial charge is 0.0893 e. The van der Waals surface area contributed by atoms with Crippen LogP contribution in [-0.2, 0) is 0 Å². The predicted molar refractivity (Wildman–Crippen MR) is 117 cm³/mol. The molecule has 0 aliphatic heterocycles. The van der Waals surface area contributed by atoms with Gasteiger partial charge in [-0.2, -0.15) is 0 Å². The Kier molecular flexibility index (Phi) is 4.79. The lowest BCUT2D eigenvalue weighted by Gasteiger charge is -2.09. The van der Waals surface area contributed by atoms with Gasteiger partial charge in [0.05, 0.1) is 22.8 Å². The maximum atomic E-state index is 4.90. The summed E-state index contributed by atoms with van der Waals surface area (Å²) >= 11 is 0. The zero-order valence-electron chi connectivity index (χ0n) is 16.8. The lowest BCUT2D eigenvalue weighted by atomic mass is 10.0. The van der Waals surface area contributed by atoms with Crippen molar-refractivity contribution in [1.82, 2.24) is 9.97 Å². The summed E-state index contributed by atoms with van der Waals surface area (Å²) in [6.07, 6.45) is 0. The van der Waals surface area contributed by atoms with Crippen LogP contribution in [0.2, 0.25) is 0 Å². The fraction of sp³-hybridized carbons (Fsp3) is 0.154. The van der Waals surface area contributed by atoms with E-state index in [1.54, 1.807) is 0 Å². The van der Waals surface area contributed by atoms with Gasteiger partial charge in [-0.1, -0.05) is 46.5 Å². The van der Waals surface area contributed by atoms with Gasteiger partial charge in [0.25, 0.3) is 0 Å². The molecule has 2 aromatic heterocycles. The summed E-state index contributed by atoms with van der Waals surface area (Å²) in [4.78, 5) is 9.81. The Hall–Kier alpha value is -3.26. The Balaban J connectivity index is 1.76. The van der Waals surface area contributed by atoms with E-state index in [4.69, 9.17) is 9.97 Å². The third-order valence-corrected chi connectivity index (χ3v) is 4.80. The maximum absolute atomic E-state index is 4.90. The molecule has 0 atom stereocenters. The van der Waals surface area contributed by atoms with Gasteiger partial charge in [0.15, 0.2) is 0 Å². The highest BCUT2D eigenvalue weighted by atomic mass is 14.8. The molecule has 0 bridgehead atoms. The van der Waals surface area contributed by atoms with Gasteiger partial charge in [0.2, 0.25) is 0 Å². The zero-order chi connectivity index (χ0) is 19.7. The molecule has 0 unspecified atom stereocenters. The van der Waals surface area contributed by atoms with E-state index < -0.39 is 0 Å². The number of rotatable bonds is 3. The predicted octanol–water partition coefficient (Wildman–Crippen LogP) is 6.71. The lowest BCUT2D eigenvalue weighted by molar-refractivity contribution is 1.24. The van der Waals surface area contributed by atoms with Gasteiger partial charge in [-0.3, -0.25) is 0 Å². The van der Waals surface area contributed by atoms with Crippen LogP contribution in [-0.4, -0.2) is 9.97 Å². The van der Waals surface area contributed by atoms with E-state index in [1.807, 2.05) is 12.1 Å². The molecular weight excluding hydrogens is 340 g/mol. The van der Waals surface area contributed by atoms with E-state index in [2.05, 4.69) is 88.4 Å². The lowest BCUT2D eigenvalue weighted by Crippen LogP contribution is -1.93. The van der Waals surface area contributed by atoms with E-state index in [1.165, 1.54) is 22.3 Å². The highest BCUT2D eigenvalue weighted by Gasteiger charge is 2.08. The largest absolute Gasteiger partial charge is 0.246 e. The Morgan fingerprint density at radius 1 is 0.429 bits per heavy atom. The molecule has 138 valence electrons. The van der Waals surface area contributed by atoms with Gasteiger partial charge in [-0.25, -0.2) is 9.97 Å². The Morgan fingerprint density at radius 2 is 0.750 bits per heavy atom. The summed E-state index contributed by atoms with van der Waals surface area (Å²) in [6, 6.07) is 25.4. The van der Waals surface area contributed by atoms with E-state index >= 15 is 0 Å². The van der Waals surface area contributed by atoms with Gasteiger partial charge in [-0.15, -0.1) is 0 Å². The first-order valence-electron chi connectivity index (χ1n) is 9.60. The molecule has 0 spiro atoms. The van der Waals surface area contributed by atoms with Crippen molar-refractivity contribution in [2.24, 2.45) is 0 Å². The molecule has 0 radical (unpaired) electrons. The highest BCUT2D eigenvalue weighted by molar-refractivity contribution is 5.68. The summed E-state index contributed by atoms with van der Waals surface area (Å²) in [7, 11) is 0. The molecule has 0 aliphatic carbocycles. The number of hydrogen-bond acceptors (Lipinski definition) is 2. The first-order valence-corrected chi connectivity index (χ1v) is 9.60. The summed E-state index contributed by atoms with van der Waals surface area (Å²) in [5.74, 6) is 0. The van der Waals surface area contributed by atoms with Crippen LogP contribution in [0.5, 0.6) is 0 Å². The van der Waals surface area contributed by atoms with E-state index in [0.717, 1.165) is 33.9 Å². The third kappa shape index (κ3) is 3.86. The molecule has 2 nitrogen and oxygen atoms in total. The van der Waals surface area contributed by atoms with E-state index in [9.17, 15) is 0 Å². The minimum atomic E-state index is 0.892. The molecule has 0 N–H and O–H groups in total. The van der Waals surface area contributed by atoms with Crippen molar-refractivity contribution in [3.63, 3.8) is 0 Å². The second-order valence-electron chi connectivity index (χ2n) is 7.57. The molecular formula is C26H24N2. The normalized spacial score (nSPS) is 10.9. The van der Waals surface area contributed by atoms with Crippen LogP contribution in [0, 0.1) is 27.7 Å². The number of hydrogen-bond donors (Lipinski definition) is 0. The van der Waals surface area contributed by atoms with Crippen molar-refractivity contribution in [3.05, 3.63) is 95.1 Å². The molecule has 0 fully saturated rings. The standard InChI is InChI=1S/C26H24N2/c1-17-11-18(2)14-21(13-17)23-7-5-9-25(27-23)26-10-6-8-24(28-26)22-15-19(3)12-20(4)16-22/h5-16H,1-4H3. The van der Waals surface area contributed by atoms with Crippen molar-refractivity contribution in [3.8, 4) is 33.9 Å². The summed E-state index contributed by atoms with van der Waals surface area (Å²) in [6.45, 7) is 8.48. The molecule has 28 heavy (non-hydrogen) atoms. The number of pyridine rings is 2. The van der Waals surface area contributed by atoms with Crippen LogP contribution in [0.15, 0.2) is 72.8 Å². The topological polar surface area (TPSA) is 25.8 Å². The number of aryl methyl sites for hydroxylation is 4. The van der Waals surface area contributed by atoms with Gasteiger partial charge >= 0.3 is 0 Å². The summed E-state index contributed by atoms with van der Waals surface area (Å²) in [5.41, 5.74) is 11.0. The van der Waals surface area contributed by atoms with E-state index in [0.29, 0.717) is 0 Å². The van der Waals surface area contributed by atoms with Gasteiger partial charge < -0.3 is 0 Å². The number of aromatic nitrogens is 2. The molecule has 4 rings (SSSR count). The average Bonchev–Trinajstić information content (AvgIpc) is 2.67. The molecule has 4 aromatic rings. The van der Waals surface area contributed by atoms with Gasteiger partial charge in [0, 0.05) is 11.1 Å². The van der Waals surface area contributed by atoms with Crippen molar-refractivity contribution in [2.75, 3.05) is 0 Å². The molecule has 0 saturated heterocycles. The fourth-order valence-corrected chi connectivity index (χ4v) is 3.72. The van der Waals surface area contributed by atoms with Crippen LogP contribution in [0.3, 0.4) is 0 Å². The monoisotopic (exact) mass is 364 g/mol. The molecule has 2 aromatic carbocycles. The van der Waals surface area contributed by atoms with Crippen LogP contribution < -0.4 is 0 Å². The minimum absolute atomic E-state index is 0.892.